The number of anilines is 6. The highest BCUT2D eigenvalue weighted by molar-refractivity contribution is 6.13. The molecule has 0 saturated heterocycles. The van der Waals surface area contributed by atoms with E-state index in [1.54, 1.807) is 0 Å². The minimum Gasteiger partial charge on any atom is -0.456 e. The molecule has 0 bridgehead atoms. The van der Waals surface area contributed by atoms with Gasteiger partial charge < -0.3 is 18.8 Å². The van der Waals surface area contributed by atoms with Crippen LogP contribution in [0.2, 0.25) is 0 Å². The highest BCUT2D eigenvalue weighted by atomic mass is 16.3. The zero-order valence-electron chi connectivity index (χ0n) is 37.4. The van der Waals surface area contributed by atoms with Crippen LogP contribution in [-0.4, -0.2) is 4.57 Å². The van der Waals surface area contributed by atoms with Gasteiger partial charge in [0.05, 0.1) is 11.2 Å². The van der Waals surface area contributed by atoms with Crippen molar-refractivity contribution >= 4 is 88.6 Å². The maximum Gasteiger partial charge on any atom is 0.137 e. The van der Waals surface area contributed by atoms with Crippen molar-refractivity contribution in [2.75, 3.05) is 9.80 Å². The first-order valence-corrected chi connectivity index (χ1v) is 22.4. The summed E-state index contributed by atoms with van der Waals surface area (Å²) in [6.45, 7) is 13.6. The third kappa shape index (κ3) is 5.61. The second-order valence-electron chi connectivity index (χ2n) is 18.5. The van der Waals surface area contributed by atoms with E-state index in [9.17, 15) is 0 Å². The van der Waals surface area contributed by atoms with Crippen molar-refractivity contribution in [2.45, 2.75) is 47.0 Å². The summed E-state index contributed by atoms with van der Waals surface area (Å²) in [4.78, 5) is 4.89. The lowest BCUT2D eigenvalue weighted by Gasteiger charge is -2.30. The van der Waals surface area contributed by atoms with Gasteiger partial charge >= 0.3 is 0 Å². The van der Waals surface area contributed by atoms with Crippen LogP contribution in [0.15, 0.2) is 174 Å². The summed E-state index contributed by atoms with van der Waals surface area (Å²) in [6, 6.07) is 63.0. The van der Waals surface area contributed by atoms with Crippen LogP contribution in [0.5, 0.6) is 0 Å². The lowest BCUT2D eigenvalue weighted by atomic mass is 9.81. The Morgan fingerprint density at radius 2 is 0.938 bits per heavy atom. The molecule has 0 unspecified atom stereocenters. The standard InChI is InChI=1S/C60H49N3O/c1-36-20-22-40(30-38(36)3)62(41-23-21-37(2)39(4)31-41)42-26-29-51-52(32-42)60(5,6)53-35-56(46-15-8-9-17-50(46)59(51)53)63(44-25-28-49-48-16-11-13-19-57(48)64-58(49)34-44)43-24-27-47-45-14-10-12-18-54(45)61(7)55(47)33-43/h8-35H,1-7H3. The molecule has 0 N–H and O–H groups in total. The summed E-state index contributed by atoms with van der Waals surface area (Å²) < 4.78 is 8.89. The van der Waals surface area contributed by atoms with Gasteiger partial charge in [0.2, 0.25) is 0 Å². The molecule has 1 aliphatic rings. The monoisotopic (exact) mass is 827 g/mol. The maximum absolute atomic E-state index is 6.57. The Morgan fingerprint density at radius 3 is 1.66 bits per heavy atom. The van der Waals surface area contributed by atoms with Gasteiger partial charge in [-0.1, -0.05) is 98.8 Å². The number of furan rings is 1. The Balaban J connectivity index is 1.08. The molecule has 0 fully saturated rings. The van der Waals surface area contributed by atoms with E-state index in [2.05, 4.69) is 227 Å². The van der Waals surface area contributed by atoms with Crippen molar-refractivity contribution in [3.63, 3.8) is 0 Å². The smallest absolute Gasteiger partial charge is 0.137 e. The van der Waals surface area contributed by atoms with E-state index in [1.165, 1.54) is 77.1 Å². The van der Waals surface area contributed by atoms with Crippen LogP contribution >= 0.6 is 0 Å². The van der Waals surface area contributed by atoms with Crippen molar-refractivity contribution in [3.8, 4) is 11.1 Å². The summed E-state index contributed by atoms with van der Waals surface area (Å²) >= 11 is 0. The molecular weight excluding hydrogens is 779 g/mol. The normalized spacial score (nSPS) is 13.0. The van der Waals surface area contributed by atoms with Crippen LogP contribution in [0.3, 0.4) is 0 Å². The van der Waals surface area contributed by atoms with Crippen molar-refractivity contribution < 1.29 is 4.42 Å². The van der Waals surface area contributed by atoms with E-state index in [-0.39, 0.29) is 5.41 Å². The topological polar surface area (TPSA) is 24.6 Å². The average molecular weight is 828 g/mol. The van der Waals surface area contributed by atoms with Crippen LogP contribution in [0, 0.1) is 27.7 Å². The molecule has 310 valence electrons. The van der Waals surface area contributed by atoms with Gasteiger partial charge in [0.1, 0.15) is 11.2 Å². The van der Waals surface area contributed by atoms with E-state index in [1.807, 2.05) is 6.07 Å². The summed E-state index contributed by atoms with van der Waals surface area (Å²) in [6.07, 6.45) is 0. The Bertz CT molecular complexity index is 3680. The lowest BCUT2D eigenvalue weighted by Crippen LogP contribution is -2.18. The molecule has 64 heavy (non-hydrogen) atoms. The number of aryl methyl sites for hydroxylation is 5. The molecule has 0 atom stereocenters. The minimum atomic E-state index is -0.314. The van der Waals surface area contributed by atoms with Gasteiger partial charge in [-0.25, -0.2) is 0 Å². The number of hydrogen-bond acceptors (Lipinski definition) is 3. The Morgan fingerprint density at radius 1 is 0.406 bits per heavy atom. The van der Waals surface area contributed by atoms with Crippen LogP contribution in [-0.2, 0) is 12.5 Å². The molecule has 0 saturated carbocycles. The second-order valence-corrected chi connectivity index (χ2v) is 18.5. The SMILES string of the molecule is Cc1ccc(N(c2ccc(C)c(C)c2)c2ccc3c(c2)C(C)(C)c2cc(N(c4ccc5c(c4)oc4ccccc45)c4ccc5c6ccccc6n(C)c5c4)c4ccccc4c2-3)cc1C. The van der Waals surface area contributed by atoms with Crippen LogP contribution < -0.4 is 9.80 Å². The van der Waals surface area contributed by atoms with E-state index in [4.69, 9.17) is 4.42 Å². The van der Waals surface area contributed by atoms with Gasteiger partial charge in [-0.05, 0) is 156 Å². The number of para-hydroxylation sites is 2. The van der Waals surface area contributed by atoms with Crippen LogP contribution in [0.1, 0.15) is 47.2 Å². The predicted octanol–water partition coefficient (Wildman–Crippen LogP) is 16.9. The van der Waals surface area contributed by atoms with Crippen LogP contribution in [0.4, 0.5) is 34.1 Å². The van der Waals surface area contributed by atoms with Gasteiger partial charge in [0, 0.05) is 79.4 Å². The summed E-state index contributed by atoms with van der Waals surface area (Å²) in [7, 11) is 2.18. The Labute approximate surface area is 374 Å². The maximum atomic E-state index is 6.57. The molecule has 9 aromatic carbocycles. The second kappa shape index (κ2) is 14.0. The van der Waals surface area contributed by atoms with Gasteiger partial charge in [-0.3, -0.25) is 0 Å². The molecule has 2 aromatic heterocycles. The average Bonchev–Trinajstić information content (AvgIpc) is 3.90. The van der Waals surface area contributed by atoms with Crippen molar-refractivity contribution in [2.24, 2.45) is 7.05 Å². The molecule has 12 rings (SSSR count). The first kappa shape index (κ1) is 38.1. The van der Waals surface area contributed by atoms with Gasteiger partial charge in [0.15, 0.2) is 0 Å². The number of aromatic nitrogens is 1. The summed E-state index contributed by atoms with van der Waals surface area (Å²) in [5.74, 6) is 0. The third-order valence-electron chi connectivity index (χ3n) is 14.4. The molecular formula is C60H49N3O. The van der Waals surface area contributed by atoms with Gasteiger partial charge in [-0.15, -0.1) is 0 Å². The first-order valence-electron chi connectivity index (χ1n) is 22.4. The minimum absolute atomic E-state index is 0.314. The van der Waals surface area contributed by atoms with Crippen molar-refractivity contribution in [1.82, 2.24) is 4.57 Å². The number of nitrogens with zero attached hydrogens (tertiary/aromatic N) is 3. The predicted molar refractivity (Wildman–Crippen MR) is 271 cm³/mol. The first-order chi connectivity index (χ1) is 31.0. The van der Waals surface area contributed by atoms with Crippen molar-refractivity contribution in [1.29, 1.82) is 0 Å². The molecule has 0 spiro atoms. The highest BCUT2D eigenvalue weighted by Gasteiger charge is 2.39. The Hall–Kier alpha value is -7.56. The Kier molecular flexibility index (Phi) is 8.33. The molecule has 4 heteroatoms. The molecule has 11 aromatic rings. The zero-order valence-corrected chi connectivity index (χ0v) is 37.4. The fourth-order valence-electron chi connectivity index (χ4n) is 10.6. The molecule has 4 nitrogen and oxygen atoms in total. The summed E-state index contributed by atoms with van der Waals surface area (Å²) in [5, 5.41) is 7.19. The van der Waals surface area contributed by atoms with E-state index < -0.39 is 0 Å². The fourth-order valence-corrected chi connectivity index (χ4v) is 10.6. The zero-order chi connectivity index (χ0) is 43.6. The molecule has 0 aliphatic heterocycles. The van der Waals surface area contributed by atoms with E-state index >= 15 is 0 Å². The fraction of sp³-hybridized carbons (Fsp3) is 0.133. The number of benzene rings is 9. The quantitative estimate of drug-likeness (QED) is 0.167. The molecule has 2 heterocycles. The van der Waals surface area contributed by atoms with Gasteiger partial charge in [0.25, 0.3) is 0 Å². The van der Waals surface area contributed by atoms with E-state index in [0.717, 1.165) is 56.1 Å². The number of hydrogen-bond donors (Lipinski definition) is 0. The van der Waals surface area contributed by atoms with Crippen LogP contribution in [0.25, 0.3) is 65.6 Å². The highest BCUT2D eigenvalue weighted by Crippen LogP contribution is 2.56. The number of rotatable bonds is 6. The van der Waals surface area contributed by atoms with Crippen molar-refractivity contribution in [3.05, 3.63) is 203 Å². The van der Waals surface area contributed by atoms with Gasteiger partial charge in [-0.2, -0.15) is 0 Å². The molecule has 1 aliphatic carbocycles. The number of fused-ring (bicyclic) bond motifs is 11. The summed E-state index contributed by atoms with van der Waals surface area (Å²) in [5.41, 5.74) is 21.0. The molecule has 0 radical (unpaired) electrons. The third-order valence-corrected chi connectivity index (χ3v) is 14.4. The van der Waals surface area contributed by atoms with E-state index in [0.29, 0.717) is 0 Å². The lowest BCUT2D eigenvalue weighted by molar-refractivity contribution is 0.661. The molecule has 0 amide bonds. The largest absolute Gasteiger partial charge is 0.456 e.